The van der Waals surface area contributed by atoms with Crippen LogP contribution in [0.5, 0.6) is 0 Å². The number of furan rings is 1. The number of thiophene rings is 1. The minimum absolute atomic E-state index is 0.711. The molecule has 16 aromatic heterocycles. The van der Waals surface area contributed by atoms with Gasteiger partial charge in [-0.25, -0.2) is 47.7 Å². The molecule has 24 rings (SSSR count). The van der Waals surface area contributed by atoms with Crippen LogP contribution in [-0.2, 0) is 90.3 Å². The van der Waals surface area contributed by atoms with Gasteiger partial charge in [0.1, 0.15) is 10.1 Å². The lowest BCUT2D eigenvalue weighted by Gasteiger charge is -2.13. The highest BCUT2D eigenvalue weighted by atomic mass is 32.2. The van der Waals surface area contributed by atoms with Crippen LogP contribution in [0.15, 0.2) is 285 Å². The van der Waals surface area contributed by atoms with E-state index >= 15 is 0 Å². The summed E-state index contributed by atoms with van der Waals surface area (Å²) < 4.78 is 25.2. The van der Waals surface area contributed by atoms with E-state index in [0.29, 0.717) is 6.42 Å². The van der Waals surface area contributed by atoms with E-state index in [1.807, 2.05) is 171 Å². The molecule has 0 amide bonds. The smallest absolute Gasteiger partial charge is 0.209 e. The molecule has 0 radical (unpaired) electrons. The molecule has 4 aliphatic heterocycles. The summed E-state index contributed by atoms with van der Waals surface area (Å²) in [5.74, 6) is 8.94. The van der Waals surface area contributed by atoms with Gasteiger partial charge in [0.2, 0.25) is 5.16 Å². The summed E-state index contributed by atoms with van der Waals surface area (Å²) >= 11 is 10.5. The number of pyridine rings is 4. The van der Waals surface area contributed by atoms with Gasteiger partial charge in [-0.3, -0.25) is 18.7 Å². The summed E-state index contributed by atoms with van der Waals surface area (Å²) in [6.07, 6.45) is 42.8. The maximum absolute atomic E-state index is 5.40. The molecule has 0 spiro atoms. The van der Waals surface area contributed by atoms with Gasteiger partial charge in [0.05, 0.1) is 83.4 Å². The van der Waals surface area contributed by atoms with Crippen molar-refractivity contribution in [3.63, 3.8) is 0 Å². The van der Waals surface area contributed by atoms with E-state index in [4.69, 9.17) is 44.7 Å². The minimum Gasteiger partial charge on any atom is -0.468 e. The number of likely N-dealkylation sites (tertiary alicyclic amines) is 4. The summed E-state index contributed by atoms with van der Waals surface area (Å²) in [5, 5.41) is 54.2. The van der Waals surface area contributed by atoms with Gasteiger partial charge in [-0.15, -0.1) is 39.5 Å². The van der Waals surface area contributed by atoms with Crippen LogP contribution in [0.2, 0.25) is 0 Å². The Labute approximate surface area is 900 Å². The van der Waals surface area contributed by atoms with Crippen LogP contribution >= 0.6 is 69.7 Å². The van der Waals surface area contributed by atoms with Crippen molar-refractivity contribution in [1.29, 1.82) is 0 Å². The fraction of sp³-hybridized carbons (Fsp3) is 0.368. The van der Waals surface area contributed by atoms with Gasteiger partial charge >= 0.3 is 0 Å². The molecule has 0 N–H and O–H groups in total. The van der Waals surface area contributed by atoms with Crippen molar-refractivity contribution in [1.82, 2.24) is 142 Å². The average Bonchev–Trinajstić information content (AvgIpc) is 1.66. The molecule has 4 aromatic carbocycles. The summed E-state index contributed by atoms with van der Waals surface area (Å²) in [7, 11) is 1.84. The number of benzene rings is 4. The van der Waals surface area contributed by atoms with Crippen molar-refractivity contribution in [2.24, 2.45) is 7.05 Å². The molecule has 772 valence electrons. The highest BCUT2D eigenvalue weighted by Gasteiger charge is 2.22. The molecule has 20 aromatic rings. The van der Waals surface area contributed by atoms with Crippen LogP contribution in [-0.4, -0.2) is 244 Å². The summed E-state index contributed by atoms with van der Waals surface area (Å²) in [6.45, 7) is 18.4. The standard InChI is InChI=1S/C30H34N6OS.C29H32N6S2.C28H31N7S2.C27H32N10S/c1-2-15-34(14-1)16-4-6-24-10-12-25(13-11-24)20-29-32-30-9-3-8-28(36(30)33-29)26-21-31-35(22-26)17-19-38-23-27-7-5-18-37-27;1-2-15-33(14-1)16-4-6-23-10-12-24(13-11-23)20-27-31-28-8-3-7-26(35(28)32-27)25-21-30-34(22-25)17-19-37-29-9-5-18-36-29;1-2-14-33(13-1)15-4-5-22-8-10-23(11-9-22)19-26-31-27-7-3-6-25(35(27)32-26)24-20-30-34(21-24)16-18-37-28-29-12-17-36-28;1-34-27(30-32-33-34)38-17-16-36-20-23(19-28-36)24-7-4-8-26-29-25(31-37(24)26)18-22-11-9-21(10-12-22)6-5-15-35-13-2-3-14-35/h3,5,7-13,18,21-22H,1-2,4,6,14-17,19-20,23H2;3,5,7-13,18,21-22H,1-2,4,6,14-17,19-20H2;3,6-12,17,20-21H,1-2,4-5,13-16,18-19H2;4,7-12,19-20H,2-3,5-6,13-18H2,1H3. The molecule has 0 bridgehead atoms. The average molecular weight is 2110 g/mol. The van der Waals surface area contributed by atoms with E-state index in [-0.39, 0.29) is 0 Å². The monoisotopic (exact) mass is 2110 g/mol. The highest BCUT2D eigenvalue weighted by molar-refractivity contribution is 8.01. The van der Waals surface area contributed by atoms with Crippen molar-refractivity contribution in [3.8, 4) is 45.0 Å². The van der Waals surface area contributed by atoms with Gasteiger partial charge in [-0.05, 0) is 308 Å². The molecule has 30 nitrogen and oxygen atoms in total. The number of rotatable bonds is 45. The number of nitrogens with zero attached hydrogens (tertiary/aromatic N) is 29. The first-order valence-corrected chi connectivity index (χ1v) is 58.8. The minimum atomic E-state index is 0.711. The van der Waals surface area contributed by atoms with E-state index in [0.717, 1.165) is 206 Å². The molecule has 36 heteroatoms. The number of aromatic nitrogens is 25. The van der Waals surface area contributed by atoms with Crippen molar-refractivity contribution < 1.29 is 4.42 Å². The molecule has 4 aliphatic rings. The quantitative estimate of drug-likeness (QED) is 0.0253. The fourth-order valence-electron chi connectivity index (χ4n) is 19.9. The molecule has 0 unspecified atom stereocenters. The fourth-order valence-corrected chi connectivity index (χ4v) is 24.9. The van der Waals surface area contributed by atoms with Gasteiger partial charge in [0, 0.05) is 121 Å². The molecule has 20 heterocycles. The first kappa shape index (κ1) is 103. The second kappa shape index (κ2) is 52.2. The Morgan fingerprint density at radius 2 is 0.680 bits per heavy atom. The number of hydrogen-bond donors (Lipinski definition) is 0. The highest BCUT2D eigenvalue weighted by Crippen LogP contribution is 2.31. The molecular weight excluding hydrogens is 1980 g/mol. The van der Waals surface area contributed by atoms with E-state index < -0.39 is 0 Å². The second-order valence-electron chi connectivity index (χ2n) is 38.9. The van der Waals surface area contributed by atoms with Crippen molar-refractivity contribution in [2.75, 3.05) is 102 Å². The largest absolute Gasteiger partial charge is 0.468 e. The van der Waals surface area contributed by atoms with Crippen LogP contribution in [0.25, 0.3) is 67.6 Å². The zero-order valence-electron chi connectivity index (χ0n) is 85.2. The number of fused-ring (bicyclic) bond motifs is 4. The van der Waals surface area contributed by atoms with E-state index in [1.165, 1.54) is 204 Å². The lowest BCUT2D eigenvalue weighted by molar-refractivity contribution is 0.334. The number of aryl methyl sites for hydroxylation is 9. The Morgan fingerprint density at radius 1 is 0.333 bits per heavy atom. The van der Waals surface area contributed by atoms with Crippen molar-refractivity contribution in [3.05, 3.63) is 340 Å². The molecule has 4 saturated heterocycles. The SMILES string of the molecule is Cn1nnnc1SCCn1cc(-c2cccc3nc(Cc4ccc(CCCN5CCCC5)cc4)nn23)cn1.c1cc(-c2cnn(CCSc3nccs3)c2)n2nc(Cc3ccc(CCCN4CCCC4)cc3)nc2c1.c1coc(CSCCn2cc(-c3cccc4nc(Cc5ccc(CCCN6CCCC6)cc5)nn34)cn2)c1.c1csc(SCCn2cc(-c3cccc4nc(Cc5ccc(CCCN6CCCC6)cc5)nn34)cn2)c1. The van der Waals surface area contributed by atoms with Crippen LogP contribution in [0.3, 0.4) is 0 Å². The van der Waals surface area contributed by atoms with E-state index in [9.17, 15) is 0 Å². The van der Waals surface area contributed by atoms with Crippen LogP contribution in [0.1, 0.15) is 151 Å². The Morgan fingerprint density at radius 3 is 1.00 bits per heavy atom. The van der Waals surface area contributed by atoms with Crippen molar-refractivity contribution in [2.45, 2.75) is 174 Å². The molecule has 4 fully saturated rings. The Bertz CT molecular complexity index is 7300. The predicted octanol–water partition coefficient (Wildman–Crippen LogP) is 20.8. The summed E-state index contributed by atoms with van der Waals surface area (Å²) in [4.78, 5) is 33.9. The first-order chi connectivity index (χ1) is 74.1. The predicted molar refractivity (Wildman–Crippen MR) is 602 cm³/mol. The summed E-state index contributed by atoms with van der Waals surface area (Å²) in [5.41, 5.74) is 22.2. The molecular formula is C114H129N29OS6. The lowest BCUT2D eigenvalue weighted by Crippen LogP contribution is -2.20. The maximum Gasteiger partial charge on any atom is 0.209 e. The van der Waals surface area contributed by atoms with Gasteiger partial charge in [-0.2, -0.15) is 52.6 Å². The van der Waals surface area contributed by atoms with Gasteiger partial charge < -0.3 is 24.0 Å². The number of tetrazole rings is 1. The topological polar surface area (TPSA) is 275 Å². The van der Waals surface area contributed by atoms with E-state index in [2.05, 4.69) is 218 Å². The van der Waals surface area contributed by atoms with Gasteiger partial charge in [0.15, 0.2) is 45.9 Å². The second-order valence-corrected chi connectivity index (χ2v) is 45.6. The number of thiazole rings is 1. The third kappa shape index (κ3) is 28.7. The normalized spacial score (nSPS) is 14.1. The van der Waals surface area contributed by atoms with Crippen LogP contribution in [0.4, 0.5) is 0 Å². The third-order valence-corrected chi connectivity index (χ3v) is 33.9. The molecule has 0 atom stereocenters. The first-order valence-electron chi connectivity index (χ1n) is 53.0. The van der Waals surface area contributed by atoms with Crippen molar-refractivity contribution >= 4 is 92.3 Å². The molecule has 0 saturated carbocycles. The van der Waals surface area contributed by atoms with Gasteiger partial charge in [-0.1, -0.05) is 151 Å². The Hall–Kier alpha value is -12.9. The summed E-state index contributed by atoms with van der Waals surface area (Å²) in [6, 6.07) is 68.6. The Kier molecular flexibility index (Phi) is 35.8. The number of hydrogen-bond acceptors (Lipinski definition) is 27. The van der Waals surface area contributed by atoms with Gasteiger partial charge in [0.25, 0.3) is 0 Å². The Balaban J connectivity index is 0.000000117. The van der Waals surface area contributed by atoms with E-state index in [1.54, 1.807) is 57.1 Å². The zero-order chi connectivity index (χ0) is 101. The zero-order valence-corrected chi connectivity index (χ0v) is 90.1. The van der Waals surface area contributed by atoms with Crippen LogP contribution in [0, 0.1) is 0 Å². The lowest BCUT2D eigenvalue weighted by atomic mass is 10.1. The maximum atomic E-state index is 5.40. The molecule has 150 heavy (non-hydrogen) atoms. The van der Waals surface area contributed by atoms with Crippen LogP contribution < -0.4 is 0 Å². The third-order valence-electron chi connectivity index (χ3n) is 27.9. The number of thioether (sulfide) groups is 4. The molecule has 0 aliphatic carbocycles.